The predicted octanol–water partition coefficient (Wildman–Crippen LogP) is 2.86. The maximum Gasteiger partial charge on any atom is 0.320 e. The molecule has 112 valence electrons. The van der Waals surface area contributed by atoms with Crippen LogP contribution in [-0.4, -0.2) is 30.3 Å². The molecule has 0 aliphatic carbocycles. The van der Waals surface area contributed by atoms with Gasteiger partial charge in [-0.3, -0.25) is 4.79 Å². The lowest BCUT2D eigenvalue weighted by atomic mass is 10.0. The minimum Gasteiger partial charge on any atom is -0.497 e. The number of hydrogen-bond acceptors (Lipinski definition) is 3. The Morgan fingerprint density at radius 3 is 2.45 bits per heavy atom. The van der Waals surface area contributed by atoms with Crippen LogP contribution < -0.4 is 10.1 Å². The van der Waals surface area contributed by atoms with Crippen molar-refractivity contribution in [1.29, 1.82) is 0 Å². The Bertz CT molecular complexity index is 403. The fourth-order valence-electron chi connectivity index (χ4n) is 2.17. The summed E-state index contributed by atoms with van der Waals surface area (Å²) < 4.78 is 5.12. The van der Waals surface area contributed by atoms with Crippen LogP contribution in [0.1, 0.15) is 38.7 Å². The molecule has 0 fully saturated rings. The molecule has 2 unspecified atom stereocenters. The summed E-state index contributed by atoms with van der Waals surface area (Å²) in [7, 11) is 1.65. The number of aryl methyl sites for hydroxylation is 1. The first kappa shape index (κ1) is 16.5. The highest BCUT2D eigenvalue weighted by atomic mass is 16.5. The number of aliphatic carboxylic acids is 1. The molecule has 0 spiro atoms. The second kappa shape index (κ2) is 8.59. The average Bonchev–Trinajstić information content (AvgIpc) is 2.45. The summed E-state index contributed by atoms with van der Waals surface area (Å²) in [6, 6.07) is 7.74. The van der Waals surface area contributed by atoms with Crippen LogP contribution in [0.25, 0.3) is 0 Å². The van der Waals surface area contributed by atoms with Crippen molar-refractivity contribution in [2.24, 2.45) is 0 Å². The molecule has 0 amide bonds. The topological polar surface area (TPSA) is 58.6 Å². The number of benzene rings is 1. The quantitative estimate of drug-likeness (QED) is 0.730. The molecule has 0 radical (unpaired) electrons. The highest BCUT2D eigenvalue weighted by molar-refractivity contribution is 5.73. The fraction of sp³-hybridized carbons (Fsp3) is 0.562. The van der Waals surface area contributed by atoms with Gasteiger partial charge in [0.2, 0.25) is 0 Å². The van der Waals surface area contributed by atoms with Gasteiger partial charge in [0.25, 0.3) is 0 Å². The van der Waals surface area contributed by atoms with E-state index in [1.807, 2.05) is 38.1 Å². The third kappa shape index (κ3) is 5.61. The van der Waals surface area contributed by atoms with Crippen LogP contribution in [0.4, 0.5) is 0 Å². The van der Waals surface area contributed by atoms with Crippen molar-refractivity contribution in [1.82, 2.24) is 5.32 Å². The van der Waals surface area contributed by atoms with E-state index < -0.39 is 12.0 Å². The summed E-state index contributed by atoms with van der Waals surface area (Å²) in [6.07, 6.45) is 3.38. The van der Waals surface area contributed by atoms with E-state index in [1.165, 1.54) is 5.56 Å². The van der Waals surface area contributed by atoms with Crippen molar-refractivity contribution in [3.8, 4) is 5.75 Å². The number of ether oxygens (including phenoxy) is 1. The van der Waals surface area contributed by atoms with Gasteiger partial charge in [-0.15, -0.1) is 0 Å². The first-order valence-corrected chi connectivity index (χ1v) is 7.18. The minimum atomic E-state index is -0.761. The Morgan fingerprint density at radius 2 is 1.95 bits per heavy atom. The van der Waals surface area contributed by atoms with Crippen LogP contribution in [0, 0.1) is 0 Å². The molecule has 0 heterocycles. The average molecular weight is 279 g/mol. The lowest BCUT2D eigenvalue weighted by molar-refractivity contribution is -0.139. The Balaban J connectivity index is 2.41. The number of carboxylic acids is 1. The number of methoxy groups -OCH3 is 1. The standard InChI is InChI=1S/C16H25NO3/c1-4-5-15(16(18)19)17-12(2)6-7-13-8-10-14(20-3)11-9-13/h8-12,15,17H,4-7H2,1-3H3,(H,18,19). The van der Waals surface area contributed by atoms with Gasteiger partial charge in [0.1, 0.15) is 11.8 Å². The molecule has 2 atom stereocenters. The predicted molar refractivity (Wildman–Crippen MR) is 80.2 cm³/mol. The number of nitrogens with one attached hydrogen (secondary N) is 1. The van der Waals surface area contributed by atoms with Crippen LogP contribution in [0.3, 0.4) is 0 Å². The molecule has 1 aromatic carbocycles. The van der Waals surface area contributed by atoms with Gasteiger partial charge in [0, 0.05) is 6.04 Å². The Morgan fingerprint density at radius 1 is 1.30 bits per heavy atom. The van der Waals surface area contributed by atoms with Crippen LogP contribution in [0.5, 0.6) is 5.75 Å². The summed E-state index contributed by atoms with van der Waals surface area (Å²) >= 11 is 0. The minimum absolute atomic E-state index is 0.185. The molecule has 0 saturated carbocycles. The van der Waals surface area contributed by atoms with Crippen molar-refractivity contribution in [2.75, 3.05) is 7.11 Å². The van der Waals surface area contributed by atoms with Gasteiger partial charge in [0.15, 0.2) is 0 Å². The number of carbonyl (C=O) groups is 1. The van der Waals surface area contributed by atoms with Crippen molar-refractivity contribution in [3.05, 3.63) is 29.8 Å². The van der Waals surface area contributed by atoms with E-state index in [0.29, 0.717) is 6.42 Å². The molecule has 0 saturated heterocycles. The maximum absolute atomic E-state index is 11.1. The zero-order valence-corrected chi connectivity index (χ0v) is 12.6. The molecule has 1 aromatic rings. The maximum atomic E-state index is 11.1. The van der Waals surface area contributed by atoms with E-state index in [-0.39, 0.29) is 6.04 Å². The number of carboxylic acid groups (broad SMARTS) is 1. The molecule has 4 nitrogen and oxygen atoms in total. The van der Waals surface area contributed by atoms with E-state index in [1.54, 1.807) is 7.11 Å². The van der Waals surface area contributed by atoms with Crippen LogP contribution in [0.2, 0.25) is 0 Å². The zero-order chi connectivity index (χ0) is 15.0. The molecule has 0 aromatic heterocycles. The molecular formula is C16H25NO3. The van der Waals surface area contributed by atoms with Crippen molar-refractivity contribution in [2.45, 2.75) is 51.6 Å². The molecule has 4 heteroatoms. The van der Waals surface area contributed by atoms with Gasteiger partial charge in [-0.1, -0.05) is 25.5 Å². The van der Waals surface area contributed by atoms with Gasteiger partial charge in [-0.05, 0) is 43.9 Å². The first-order chi connectivity index (χ1) is 9.56. The smallest absolute Gasteiger partial charge is 0.320 e. The highest BCUT2D eigenvalue weighted by Gasteiger charge is 2.18. The van der Waals surface area contributed by atoms with E-state index in [0.717, 1.165) is 25.0 Å². The van der Waals surface area contributed by atoms with Gasteiger partial charge in [-0.25, -0.2) is 0 Å². The third-order valence-corrected chi connectivity index (χ3v) is 3.39. The summed E-state index contributed by atoms with van der Waals surface area (Å²) in [5, 5.41) is 12.3. The molecular weight excluding hydrogens is 254 g/mol. The molecule has 0 aliphatic rings. The van der Waals surface area contributed by atoms with Crippen molar-refractivity contribution in [3.63, 3.8) is 0 Å². The van der Waals surface area contributed by atoms with Gasteiger partial charge < -0.3 is 15.2 Å². The van der Waals surface area contributed by atoms with E-state index in [9.17, 15) is 4.79 Å². The summed E-state index contributed by atoms with van der Waals surface area (Å²) in [5.74, 6) is 0.0944. The largest absolute Gasteiger partial charge is 0.497 e. The lowest BCUT2D eigenvalue weighted by Gasteiger charge is -2.19. The monoisotopic (exact) mass is 279 g/mol. The summed E-state index contributed by atoms with van der Waals surface area (Å²) in [6.45, 7) is 4.04. The summed E-state index contributed by atoms with van der Waals surface area (Å²) in [5.41, 5.74) is 1.24. The lowest BCUT2D eigenvalue weighted by Crippen LogP contribution is -2.42. The second-order valence-electron chi connectivity index (χ2n) is 5.13. The van der Waals surface area contributed by atoms with Crippen molar-refractivity contribution >= 4 is 5.97 Å². The molecule has 0 aliphatic heterocycles. The van der Waals surface area contributed by atoms with Gasteiger partial charge in [-0.2, -0.15) is 0 Å². The van der Waals surface area contributed by atoms with E-state index in [4.69, 9.17) is 9.84 Å². The number of rotatable bonds is 9. The van der Waals surface area contributed by atoms with E-state index in [2.05, 4.69) is 5.32 Å². The fourth-order valence-corrected chi connectivity index (χ4v) is 2.17. The normalized spacial score (nSPS) is 13.8. The Labute approximate surface area is 121 Å². The van der Waals surface area contributed by atoms with Crippen LogP contribution in [0.15, 0.2) is 24.3 Å². The number of hydrogen-bond donors (Lipinski definition) is 2. The second-order valence-corrected chi connectivity index (χ2v) is 5.13. The summed E-state index contributed by atoms with van der Waals surface area (Å²) in [4.78, 5) is 11.1. The van der Waals surface area contributed by atoms with Crippen LogP contribution in [-0.2, 0) is 11.2 Å². The van der Waals surface area contributed by atoms with E-state index >= 15 is 0 Å². The molecule has 20 heavy (non-hydrogen) atoms. The Kier molecular flexibility index (Phi) is 7.09. The highest BCUT2D eigenvalue weighted by Crippen LogP contribution is 2.13. The van der Waals surface area contributed by atoms with Gasteiger partial charge >= 0.3 is 5.97 Å². The first-order valence-electron chi connectivity index (χ1n) is 7.18. The molecule has 0 bridgehead atoms. The zero-order valence-electron chi connectivity index (χ0n) is 12.6. The third-order valence-electron chi connectivity index (χ3n) is 3.39. The van der Waals surface area contributed by atoms with Crippen LogP contribution >= 0.6 is 0 Å². The molecule has 2 N–H and O–H groups in total. The SMILES string of the molecule is CCCC(NC(C)CCc1ccc(OC)cc1)C(=O)O. The van der Waals surface area contributed by atoms with Crippen molar-refractivity contribution < 1.29 is 14.6 Å². The Hall–Kier alpha value is -1.55. The van der Waals surface area contributed by atoms with Gasteiger partial charge in [0.05, 0.1) is 7.11 Å². The molecule has 1 rings (SSSR count).